The molecule has 32 heavy (non-hydrogen) atoms. The van der Waals surface area contributed by atoms with Crippen LogP contribution in [0.25, 0.3) is 0 Å². The van der Waals surface area contributed by atoms with Crippen LogP contribution in [0.4, 0.5) is 11.4 Å². The number of rotatable bonds is 6. The number of carbonyl (C=O) groups excluding carboxylic acids is 2. The summed E-state index contributed by atoms with van der Waals surface area (Å²) in [4.78, 5) is 29.2. The first-order valence-electron chi connectivity index (χ1n) is 10.1. The molecular weight excluding hydrogens is 463 g/mol. The minimum atomic E-state index is -0.419. The first-order chi connectivity index (χ1) is 15.4. The van der Waals surface area contributed by atoms with Gasteiger partial charge in [0.2, 0.25) is 0 Å². The Balaban J connectivity index is 1.77. The molecule has 3 aromatic rings. The van der Waals surface area contributed by atoms with Crippen molar-refractivity contribution in [2.45, 2.75) is 25.2 Å². The molecule has 0 unspecified atom stereocenters. The van der Waals surface area contributed by atoms with Crippen LogP contribution in [0.3, 0.4) is 0 Å². The summed E-state index contributed by atoms with van der Waals surface area (Å²) >= 11 is 13.5. The minimum absolute atomic E-state index is 0.243. The molecule has 0 aromatic heterocycles. The van der Waals surface area contributed by atoms with E-state index in [2.05, 4.69) is 5.32 Å². The number of aryl methyl sites for hydroxylation is 2. The lowest BCUT2D eigenvalue weighted by atomic mass is 10.1. The molecule has 7 heteroatoms. The molecule has 0 atom stereocenters. The lowest BCUT2D eigenvalue weighted by Crippen LogP contribution is -2.32. The summed E-state index contributed by atoms with van der Waals surface area (Å²) < 4.78 is 0. The van der Waals surface area contributed by atoms with Gasteiger partial charge in [0.05, 0.1) is 5.69 Å². The molecule has 1 aliphatic rings. The number of anilines is 2. The number of benzene rings is 3. The first-order valence-corrected chi connectivity index (χ1v) is 11.6. The van der Waals surface area contributed by atoms with E-state index in [0.29, 0.717) is 20.6 Å². The Kier molecular flexibility index (Phi) is 6.60. The Labute approximate surface area is 201 Å². The number of para-hydroxylation sites is 1. The van der Waals surface area contributed by atoms with E-state index in [1.54, 1.807) is 30.3 Å². The predicted octanol–water partition coefficient (Wildman–Crippen LogP) is 6.85. The number of thioether (sulfide) groups is 1. The molecule has 0 bridgehead atoms. The Morgan fingerprint density at radius 2 is 1.66 bits per heavy atom. The van der Waals surface area contributed by atoms with E-state index >= 15 is 0 Å². The maximum atomic E-state index is 13.5. The molecule has 0 aliphatic carbocycles. The number of hydrogen-bond donors (Lipinski definition) is 1. The van der Waals surface area contributed by atoms with Crippen molar-refractivity contribution in [2.24, 2.45) is 0 Å². The fraction of sp³-hybridized carbons (Fsp3) is 0.120. The Morgan fingerprint density at radius 1 is 0.938 bits per heavy atom. The number of imide groups is 1. The van der Waals surface area contributed by atoms with Crippen LogP contribution in [-0.2, 0) is 16.0 Å². The van der Waals surface area contributed by atoms with Gasteiger partial charge < -0.3 is 5.32 Å². The first kappa shape index (κ1) is 22.5. The second kappa shape index (κ2) is 9.41. The van der Waals surface area contributed by atoms with E-state index < -0.39 is 11.8 Å². The highest BCUT2D eigenvalue weighted by molar-refractivity contribution is 8.04. The molecule has 0 fully saturated rings. The average Bonchev–Trinajstić information content (AvgIpc) is 3.01. The van der Waals surface area contributed by atoms with Gasteiger partial charge in [-0.25, -0.2) is 4.90 Å². The molecule has 4 nitrogen and oxygen atoms in total. The van der Waals surface area contributed by atoms with Crippen molar-refractivity contribution in [1.82, 2.24) is 0 Å². The maximum Gasteiger partial charge on any atom is 0.283 e. The summed E-state index contributed by atoms with van der Waals surface area (Å²) in [5, 5.41) is 4.33. The van der Waals surface area contributed by atoms with E-state index in [1.165, 1.54) is 16.7 Å². The summed E-state index contributed by atoms with van der Waals surface area (Å²) in [5.41, 5.74) is 3.39. The van der Waals surface area contributed by atoms with Crippen molar-refractivity contribution in [2.75, 3.05) is 10.2 Å². The Hall–Kier alpha value is -2.73. The lowest BCUT2D eigenvalue weighted by molar-refractivity contribution is -0.120. The van der Waals surface area contributed by atoms with E-state index in [4.69, 9.17) is 23.2 Å². The number of carbonyl (C=O) groups is 2. The summed E-state index contributed by atoms with van der Waals surface area (Å²) in [7, 11) is 0. The summed E-state index contributed by atoms with van der Waals surface area (Å²) in [5.74, 6) is -0.816. The molecule has 0 saturated heterocycles. The molecule has 1 aliphatic heterocycles. The quantitative estimate of drug-likeness (QED) is 0.390. The number of nitrogens with zero attached hydrogens (tertiary/aromatic N) is 1. The van der Waals surface area contributed by atoms with Gasteiger partial charge >= 0.3 is 0 Å². The lowest BCUT2D eigenvalue weighted by Gasteiger charge is -2.16. The highest BCUT2D eigenvalue weighted by Crippen LogP contribution is 2.39. The van der Waals surface area contributed by atoms with Crippen LogP contribution in [0.15, 0.2) is 82.2 Å². The van der Waals surface area contributed by atoms with Crippen molar-refractivity contribution >= 4 is 58.2 Å². The van der Waals surface area contributed by atoms with E-state index in [-0.39, 0.29) is 5.70 Å². The highest BCUT2D eigenvalue weighted by atomic mass is 35.5. The summed E-state index contributed by atoms with van der Waals surface area (Å²) in [6.07, 6.45) is 0.787. The molecule has 0 radical (unpaired) electrons. The third-order valence-electron chi connectivity index (χ3n) is 5.15. The van der Waals surface area contributed by atoms with Gasteiger partial charge in [0, 0.05) is 20.6 Å². The normalized spacial score (nSPS) is 13.8. The molecule has 162 valence electrons. The zero-order chi connectivity index (χ0) is 22.8. The van der Waals surface area contributed by atoms with Crippen molar-refractivity contribution in [3.8, 4) is 0 Å². The fourth-order valence-electron chi connectivity index (χ4n) is 3.38. The maximum absolute atomic E-state index is 13.5. The van der Waals surface area contributed by atoms with Crippen LogP contribution in [0, 0.1) is 6.92 Å². The van der Waals surface area contributed by atoms with E-state index in [0.717, 1.165) is 28.1 Å². The number of amides is 2. The van der Waals surface area contributed by atoms with E-state index in [9.17, 15) is 9.59 Å². The molecule has 3 aromatic carbocycles. The van der Waals surface area contributed by atoms with Crippen molar-refractivity contribution in [3.63, 3.8) is 0 Å². The zero-order valence-corrected chi connectivity index (χ0v) is 19.8. The molecule has 4 rings (SSSR count). The van der Waals surface area contributed by atoms with Gasteiger partial charge in [-0.15, -0.1) is 0 Å². The van der Waals surface area contributed by atoms with Gasteiger partial charge in [0.15, 0.2) is 0 Å². The molecule has 1 heterocycles. The topological polar surface area (TPSA) is 49.4 Å². The van der Waals surface area contributed by atoms with E-state index in [1.807, 2.05) is 50.2 Å². The number of halogens is 2. The molecular formula is C25H20Cl2N2O2S. The predicted molar refractivity (Wildman–Crippen MR) is 132 cm³/mol. The third-order valence-corrected chi connectivity index (χ3v) is 6.90. The highest BCUT2D eigenvalue weighted by Gasteiger charge is 2.40. The monoisotopic (exact) mass is 482 g/mol. The standard InChI is InChI=1S/C25H20Cl2N2O2S/c1-3-16-6-4-5-7-21(16)28-22-23(32-19-12-9-17(26)10-13-19)25(31)29(24(22)30)18-11-8-15(2)20(27)14-18/h4-14,28H,3H2,1-2H3. The number of nitrogens with one attached hydrogen (secondary N) is 1. The molecule has 2 amide bonds. The second-order valence-corrected chi connectivity index (χ2v) is 9.20. The molecule has 0 saturated carbocycles. The summed E-state index contributed by atoms with van der Waals surface area (Å²) in [6.45, 7) is 3.91. The van der Waals surface area contributed by atoms with Crippen LogP contribution >= 0.6 is 35.0 Å². The largest absolute Gasteiger partial charge is 0.350 e. The van der Waals surface area contributed by atoms with Gasteiger partial charge in [0.25, 0.3) is 11.8 Å². The third kappa shape index (κ3) is 4.42. The van der Waals surface area contributed by atoms with Crippen LogP contribution in [0.5, 0.6) is 0 Å². The smallest absolute Gasteiger partial charge is 0.283 e. The Morgan fingerprint density at radius 3 is 2.34 bits per heavy atom. The fourth-order valence-corrected chi connectivity index (χ4v) is 4.60. The van der Waals surface area contributed by atoms with Crippen LogP contribution in [0.2, 0.25) is 10.0 Å². The SMILES string of the molecule is CCc1ccccc1NC1=C(Sc2ccc(Cl)cc2)C(=O)N(c2ccc(C)c(Cl)c2)C1=O. The van der Waals surface area contributed by atoms with Crippen LogP contribution in [-0.4, -0.2) is 11.8 Å². The summed E-state index contributed by atoms with van der Waals surface area (Å²) in [6, 6.07) is 20.0. The van der Waals surface area contributed by atoms with Gasteiger partial charge in [-0.1, -0.05) is 66.2 Å². The van der Waals surface area contributed by atoms with Gasteiger partial charge in [-0.2, -0.15) is 0 Å². The van der Waals surface area contributed by atoms with Crippen LogP contribution < -0.4 is 10.2 Å². The number of hydrogen-bond acceptors (Lipinski definition) is 4. The van der Waals surface area contributed by atoms with Crippen molar-refractivity contribution < 1.29 is 9.59 Å². The molecule has 0 spiro atoms. The van der Waals surface area contributed by atoms with Gasteiger partial charge in [0.1, 0.15) is 10.6 Å². The van der Waals surface area contributed by atoms with Crippen molar-refractivity contribution in [1.29, 1.82) is 0 Å². The van der Waals surface area contributed by atoms with Crippen molar-refractivity contribution in [3.05, 3.63) is 98.5 Å². The zero-order valence-electron chi connectivity index (χ0n) is 17.5. The van der Waals surface area contributed by atoms with Gasteiger partial charge in [-0.3, -0.25) is 9.59 Å². The minimum Gasteiger partial charge on any atom is -0.350 e. The molecule has 1 N–H and O–H groups in total. The van der Waals surface area contributed by atoms with Crippen LogP contribution in [0.1, 0.15) is 18.1 Å². The average molecular weight is 483 g/mol. The Bertz CT molecular complexity index is 1240. The second-order valence-electron chi connectivity index (χ2n) is 7.28. The van der Waals surface area contributed by atoms with Gasteiger partial charge in [-0.05, 0) is 66.9 Å².